The third kappa shape index (κ3) is 2.72. The first kappa shape index (κ1) is 12.0. The van der Waals surface area contributed by atoms with Crippen molar-refractivity contribution in [1.29, 1.82) is 0 Å². The van der Waals surface area contributed by atoms with E-state index in [1.807, 2.05) is 12.1 Å². The molecule has 0 radical (unpaired) electrons. The van der Waals surface area contributed by atoms with Crippen molar-refractivity contribution in [3.05, 3.63) is 26.6 Å². The number of rotatable bonds is 3. The lowest BCUT2D eigenvalue weighted by molar-refractivity contribution is 0.467. The summed E-state index contributed by atoms with van der Waals surface area (Å²) in [6, 6.07) is 3.76. The lowest BCUT2D eigenvalue weighted by atomic mass is 10.0. The minimum absolute atomic E-state index is 0.0354. The van der Waals surface area contributed by atoms with Crippen molar-refractivity contribution < 1.29 is 5.11 Å². The maximum absolute atomic E-state index is 9.51. The minimum Gasteiger partial charge on any atom is -0.506 e. The first-order valence-electron chi connectivity index (χ1n) is 4.49. The van der Waals surface area contributed by atoms with Gasteiger partial charge in [-0.05, 0) is 56.0 Å². The summed E-state index contributed by atoms with van der Waals surface area (Å²) in [5.74, 6) is 0.220. The largest absolute Gasteiger partial charge is 0.506 e. The van der Waals surface area contributed by atoms with Gasteiger partial charge in [-0.1, -0.05) is 13.3 Å². The van der Waals surface area contributed by atoms with Crippen molar-refractivity contribution >= 4 is 31.9 Å². The Kier molecular flexibility index (Phi) is 4.41. The van der Waals surface area contributed by atoms with Crippen molar-refractivity contribution in [2.75, 3.05) is 0 Å². The zero-order chi connectivity index (χ0) is 10.7. The molecule has 0 heterocycles. The number of benzene rings is 1. The molecule has 0 saturated heterocycles. The van der Waals surface area contributed by atoms with E-state index >= 15 is 0 Å². The Labute approximate surface area is 101 Å². The molecule has 78 valence electrons. The number of nitrogens with two attached hydrogens (primary N) is 1. The summed E-state index contributed by atoms with van der Waals surface area (Å²) in [4.78, 5) is 0. The second-order valence-corrected chi connectivity index (χ2v) is 4.94. The summed E-state index contributed by atoms with van der Waals surface area (Å²) in [5, 5.41) is 9.51. The molecule has 3 N–H and O–H groups in total. The summed E-state index contributed by atoms with van der Waals surface area (Å²) < 4.78 is 1.35. The monoisotopic (exact) mass is 321 g/mol. The fourth-order valence-corrected chi connectivity index (χ4v) is 2.50. The van der Waals surface area contributed by atoms with Gasteiger partial charge in [0.25, 0.3) is 0 Å². The topological polar surface area (TPSA) is 46.2 Å². The van der Waals surface area contributed by atoms with Crippen molar-refractivity contribution in [2.24, 2.45) is 5.73 Å². The van der Waals surface area contributed by atoms with E-state index in [0.717, 1.165) is 18.4 Å². The smallest absolute Gasteiger partial charge is 0.143 e. The molecule has 4 heteroatoms. The van der Waals surface area contributed by atoms with Crippen molar-refractivity contribution in [1.82, 2.24) is 0 Å². The van der Waals surface area contributed by atoms with Crippen molar-refractivity contribution in [3.8, 4) is 5.75 Å². The number of hydrogen-bond acceptors (Lipinski definition) is 2. The normalized spacial score (nSPS) is 12.9. The maximum Gasteiger partial charge on any atom is 0.143 e. The van der Waals surface area contributed by atoms with E-state index in [4.69, 9.17) is 5.73 Å². The lowest BCUT2D eigenvalue weighted by Gasteiger charge is -2.12. The number of hydrogen-bond donors (Lipinski definition) is 2. The summed E-state index contributed by atoms with van der Waals surface area (Å²) in [5.41, 5.74) is 7.00. The third-order valence-electron chi connectivity index (χ3n) is 2.07. The van der Waals surface area contributed by atoms with Crippen molar-refractivity contribution in [2.45, 2.75) is 25.8 Å². The average molecular weight is 323 g/mol. The van der Waals surface area contributed by atoms with E-state index in [-0.39, 0.29) is 11.8 Å². The van der Waals surface area contributed by atoms with Gasteiger partial charge in [0.15, 0.2) is 0 Å². The highest BCUT2D eigenvalue weighted by Gasteiger charge is 2.10. The second-order valence-electron chi connectivity index (χ2n) is 3.23. The van der Waals surface area contributed by atoms with Crippen LogP contribution in [0.2, 0.25) is 0 Å². The number of halogens is 2. The Morgan fingerprint density at radius 1 is 1.36 bits per heavy atom. The quantitative estimate of drug-likeness (QED) is 0.891. The zero-order valence-corrected chi connectivity index (χ0v) is 11.1. The SMILES string of the molecule is CCC[C@@H](N)c1cc(Br)c(O)c(Br)c1. The number of phenolic OH excluding ortho intramolecular Hbond substituents is 1. The van der Waals surface area contributed by atoms with Crippen LogP contribution < -0.4 is 5.73 Å². The first-order chi connectivity index (χ1) is 6.56. The fourth-order valence-electron chi connectivity index (χ4n) is 1.28. The van der Waals surface area contributed by atoms with Gasteiger partial charge in [0, 0.05) is 6.04 Å². The Balaban J connectivity index is 3.00. The average Bonchev–Trinajstić information content (AvgIpc) is 2.13. The lowest BCUT2D eigenvalue weighted by Crippen LogP contribution is -2.09. The molecular formula is C10H13Br2NO. The molecule has 0 aliphatic rings. The van der Waals surface area contributed by atoms with Gasteiger partial charge in [-0.25, -0.2) is 0 Å². The molecule has 0 fully saturated rings. The van der Waals surface area contributed by atoms with Crippen LogP contribution >= 0.6 is 31.9 Å². The molecule has 14 heavy (non-hydrogen) atoms. The van der Waals surface area contributed by atoms with Crippen LogP contribution in [0.4, 0.5) is 0 Å². The summed E-state index contributed by atoms with van der Waals surface area (Å²) >= 11 is 6.56. The van der Waals surface area contributed by atoms with Gasteiger partial charge in [-0.3, -0.25) is 0 Å². The molecule has 0 unspecified atom stereocenters. The maximum atomic E-state index is 9.51. The predicted molar refractivity (Wildman–Crippen MR) is 65.3 cm³/mol. The van der Waals surface area contributed by atoms with Gasteiger partial charge in [-0.2, -0.15) is 0 Å². The van der Waals surface area contributed by atoms with Gasteiger partial charge in [0.1, 0.15) is 5.75 Å². The molecule has 1 rings (SSSR count). The van der Waals surface area contributed by atoms with Gasteiger partial charge in [0.2, 0.25) is 0 Å². The molecule has 0 spiro atoms. The Bertz CT molecular complexity index is 305. The third-order valence-corrected chi connectivity index (χ3v) is 3.28. The van der Waals surface area contributed by atoms with Crippen LogP contribution in [0, 0.1) is 0 Å². The molecule has 2 nitrogen and oxygen atoms in total. The van der Waals surface area contributed by atoms with Gasteiger partial charge < -0.3 is 10.8 Å². The van der Waals surface area contributed by atoms with Crippen LogP contribution in [0.25, 0.3) is 0 Å². The minimum atomic E-state index is 0.0354. The van der Waals surface area contributed by atoms with Crippen molar-refractivity contribution in [3.63, 3.8) is 0 Å². The van der Waals surface area contributed by atoms with E-state index in [2.05, 4.69) is 38.8 Å². The molecule has 0 aromatic heterocycles. The highest BCUT2D eigenvalue weighted by Crippen LogP contribution is 2.35. The van der Waals surface area contributed by atoms with Crippen LogP contribution in [0.15, 0.2) is 21.1 Å². The molecule has 0 aliphatic heterocycles. The van der Waals surface area contributed by atoms with E-state index < -0.39 is 0 Å². The van der Waals surface area contributed by atoms with Gasteiger partial charge >= 0.3 is 0 Å². The van der Waals surface area contributed by atoms with E-state index in [0.29, 0.717) is 8.95 Å². The summed E-state index contributed by atoms with van der Waals surface area (Å²) in [6.45, 7) is 2.10. The fraction of sp³-hybridized carbons (Fsp3) is 0.400. The number of phenols is 1. The Morgan fingerprint density at radius 3 is 2.29 bits per heavy atom. The zero-order valence-electron chi connectivity index (χ0n) is 7.93. The molecule has 1 atom stereocenters. The van der Waals surface area contributed by atoms with Crippen LogP contribution in [0.1, 0.15) is 31.4 Å². The molecular weight excluding hydrogens is 310 g/mol. The summed E-state index contributed by atoms with van der Waals surface area (Å²) in [6.07, 6.45) is 2.00. The van der Waals surface area contributed by atoms with E-state index in [9.17, 15) is 5.11 Å². The van der Waals surface area contributed by atoms with Crippen LogP contribution in [-0.4, -0.2) is 5.11 Å². The van der Waals surface area contributed by atoms with E-state index in [1.54, 1.807) is 0 Å². The Morgan fingerprint density at radius 2 is 1.86 bits per heavy atom. The Hall–Kier alpha value is -0.0600. The summed E-state index contributed by atoms with van der Waals surface area (Å²) in [7, 11) is 0. The van der Waals surface area contributed by atoms with Gasteiger partial charge in [-0.15, -0.1) is 0 Å². The van der Waals surface area contributed by atoms with Crippen LogP contribution in [0.5, 0.6) is 5.75 Å². The molecule has 0 bridgehead atoms. The molecule has 0 saturated carbocycles. The highest BCUT2D eigenvalue weighted by molar-refractivity contribution is 9.11. The molecule has 0 aliphatic carbocycles. The first-order valence-corrected chi connectivity index (χ1v) is 6.08. The molecule has 1 aromatic carbocycles. The second kappa shape index (κ2) is 5.14. The molecule has 1 aromatic rings. The standard InChI is InChI=1S/C10H13Br2NO/c1-2-3-9(13)6-4-7(11)10(14)8(12)5-6/h4-5,9,14H,2-3,13H2,1H3/t9-/m1/s1. The van der Waals surface area contributed by atoms with Crippen LogP contribution in [0.3, 0.4) is 0 Å². The number of aromatic hydroxyl groups is 1. The molecule has 0 amide bonds. The van der Waals surface area contributed by atoms with E-state index in [1.165, 1.54) is 0 Å². The highest BCUT2D eigenvalue weighted by atomic mass is 79.9. The van der Waals surface area contributed by atoms with Gasteiger partial charge in [0.05, 0.1) is 8.95 Å². The predicted octanol–water partition coefficient (Wildman–Crippen LogP) is 3.72. The van der Waals surface area contributed by atoms with Crippen LogP contribution in [-0.2, 0) is 0 Å².